The molecule has 0 unspecified atom stereocenters. The minimum atomic E-state index is 0.501. The van der Waals surface area contributed by atoms with Gasteiger partial charge in [-0.3, -0.25) is 0 Å². The van der Waals surface area contributed by atoms with Crippen molar-refractivity contribution in [3.8, 4) is 0 Å². The van der Waals surface area contributed by atoms with Gasteiger partial charge in [-0.05, 0) is 0 Å². The van der Waals surface area contributed by atoms with Gasteiger partial charge in [-0.15, -0.1) is 0 Å². The van der Waals surface area contributed by atoms with Crippen LogP contribution in [-0.4, -0.2) is 9.55 Å². The second kappa shape index (κ2) is 2.21. The van der Waals surface area contributed by atoms with E-state index in [2.05, 4.69) is 25.0 Å². The summed E-state index contributed by atoms with van der Waals surface area (Å²) in [7, 11) is 1.98. The average molecular weight is 123 g/mol. The van der Waals surface area contributed by atoms with E-state index in [0.29, 0.717) is 5.92 Å². The fourth-order valence-corrected chi connectivity index (χ4v) is 0.863. The molecule has 0 bridgehead atoms. The smallest absolute Gasteiger partial charge is 0.111 e. The third kappa shape index (κ3) is 1.12. The first-order valence-corrected chi connectivity index (χ1v) is 3.11. The highest BCUT2D eigenvalue weighted by atomic mass is 15.0. The highest BCUT2D eigenvalue weighted by molar-refractivity contribution is 4.94. The van der Waals surface area contributed by atoms with Gasteiger partial charge in [0.05, 0.1) is 0 Å². The molecule has 0 spiro atoms. The van der Waals surface area contributed by atoms with E-state index in [4.69, 9.17) is 0 Å². The average Bonchev–Trinajstić information content (AvgIpc) is 2.13. The van der Waals surface area contributed by atoms with Gasteiger partial charge in [0.25, 0.3) is 0 Å². The Morgan fingerprint density at radius 2 is 2.33 bits per heavy atom. The molecule has 0 aliphatic rings. The summed E-state index contributed by atoms with van der Waals surface area (Å²) in [5.74, 6) is 1.59. The molecule has 49 valence electrons. The monoisotopic (exact) mass is 123 g/mol. The first-order chi connectivity index (χ1) is 4.22. The van der Waals surface area contributed by atoms with E-state index < -0.39 is 0 Å². The van der Waals surface area contributed by atoms with Gasteiger partial charge in [-0.25, -0.2) is 4.98 Å². The summed E-state index contributed by atoms with van der Waals surface area (Å²) >= 11 is 0. The third-order valence-corrected chi connectivity index (χ3v) is 1.31. The Morgan fingerprint density at radius 3 is 2.56 bits per heavy atom. The van der Waals surface area contributed by atoms with Gasteiger partial charge >= 0.3 is 0 Å². The quantitative estimate of drug-likeness (QED) is 0.551. The summed E-state index contributed by atoms with van der Waals surface area (Å²) < 4.78 is 1.99. The molecule has 1 heterocycles. The molecule has 0 aliphatic heterocycles. The van der Waals surface area contributed by atoms with Crippen LogP contribution in [0, 0.1) is 6.20 Å². The Morgan fingerprint density at radius 1 is 1.67 bits per heavy atom. The zero-order chi connectivity index (χ0) is 6.85. The van der Waals surface area contributed by atoms with Gasteiger partial charge in [0.2, 0.25) is 0 Å². The lowest BCUT2D eigenvalue weighted by Crippen LogP contribution is -1.98. The maximum atomic E-state index is 4.05. The number of hydrogen-bond acceptors (Lipinski definition) is 1. The normalized spacial score (nSPS) is 10.7. The van der Waals surface area contributed by atoms with Gasteiger partial charge in [0, 0.05) is 19.2 Å². The van der Waals surface area contributed by atoms with Crippen LogP contribution < -0.4 is 0 Å². The molecule has 9 heavy (non-hydrogen) atoms. The van der Waals surface area contributed by atoms with Gasteiger partial charge < -0.3 is 4.57 Å². The molecule has 0 saturated heterocycles. The highest BCUT2D eigenvalue weighted by Gasteiger charge is 2.02. The summed E-state index contributed by atoms with van der Waals surface area (Å²) in [6.45, 7) is 4.24. The van der Waals surface area contributed by atoms with Gasteiger partial charge in [0.15, 0.2) is 0 Å². The molecule has 0 saturated carbocycles. The predicted octanol–water partition coefficient (Wildman–Crippen LogP) is 1.34. The van der Waals surface area contributed by atoms with Crippen molar-refractivity contribution in [3.05, 3.63) is 18.2 Å². The molecule has 0 aliphatic carbocycles. The minimum Gasteiger partial charge on any atom is -0.337 e. The van der Waals surface area contributed by atoms with E-state index in [1.54, 1.807) is 0 Å². The van der Waals surface area contributed by atoms with Gasteiger partial charge in [-0.1, -0.05) is 13.8 Å². The summed E-state index contributed by atoms with van der Waals surface area (Å²) in [6, 6.07) is 0. The van der Waals surface area contributed by atoms with E-state index in [1.807, 2.05) is 17.8 Å². The molecule has 2 nitrogen and oxygen atoms in total. The van der Waals surface area contributed by atoms with Gasteiger partial charge in [-0.2, -0.15) is 0 Å². The molecule has 1 rings (SSSR count). The van der Waals surface area contributed by atoms with Crippen molar-refractivity contribution in [1.82, 2.24) is 9.55 Å². The number of imidazole rings is 1. The Kier molecular flexibility index (Phi) is 1.56. The summed E-state index contributed by atoms with van der Waals surface area (Å²) in [4.78, 5) is 4.05. The van der Waals surface area contributed by atoms with Crippen LogP contribution in [0.1, 0.15) is 25.6 Å². The molecule has 0 atom stereocenters. The lowest BCUT2D eigenvalue weighted by Gasteiger charge is -2.02. The Balaban J connectivity index is 2.94. The summed E-state index contributed by atoms with van der Waals surface area (Å²) in [5, 5.41) is 0. The van der Waals surface area contributed by atoms with Crippen molar-refractivity contribution < 1.29 is 0 Å². The molecule has 1 aromatic rings. The zero-order valence-corrected chi connectivity index (χ0v) is 6.05. The van der Waals surface area contributed by atoms with Crippen LogP contribution in [0.25, 0.3) is 0 Å². The SMILES string of the molecule is CC(C)c1n[c]cn1C. The van der Waals surface area contributed by atoms with Crippen LogP contribution in [0.3, 0.4) is 0 Å². The second-order valence-corrected chi connectivity index (χ2v) is 2.49. The van der Waals surface area contributed by atoms with Crippen molar-refractivity contribution in [2.75, 3.05) is 0 Å². The lowest BCUT2D eigenvalue weighted by atomic mass is 10.2. The number of aryl methyl sites for hydroxylation is 1. The third-order valence-electron chi connectivity index (χ3n) is 1.31. The molecular weight excluding hydrogens is 112 g/mol. The Bertz CT molecular complexity index is 189. The van der Waals surface area contributed by atoms with E-state index in [9.17, 15) is 0 Å². The van der Waals surface area contributed by atoms with Crippen molar-refractivity contribution >= 4 is 0 Å². The van der Waals surface area contributed by atoms with Crippen molar-refractivity contribution in [1.29, 1.82) is 0 Å². The van der Waals surface area contributed by atoms with Crippen molar-refractivity contribution in [3.63, 3.8) is 0 Å². The van der Waals surface area contributed by atoms with Crippen molar-refractivity contribution in [2.45, 2.75) is 19.8 Å². The summed E-state index contributed by atoms with van der Waals surface area (Å²) in [5.41, 5.74) is 0. The predicted molar refractivity (Wildman–Crippen MR) is 36.1 cm³/mol. The van der Waals surface area contributed by atoms with E-state index in [-0.39, 0.29) is 0 Å². The van der Waals surface area contributed by atoms with E-state index in [0.717, 1.165) is 5.82 Å². The Hall–Kier alpha value is -0.790. The maximum Gasteiger partial charge on any atom is 0.111 e. The lowest BCUT2D eigenvalue weighted by molar-refractivity contribution is 0.711. The van der Waals surface area contributed by atoms with E-state index in [1.165, 1.54) is 0 Å². The molecule has 0 fully saturated rings. The Labute approximate surface area is 55.5 Å². The molecule has 0 amide bonds. The summed E-state index contributed by atoms with van der Waals surface area (Å²) in [6.07, 6.45) is 4.63. The first-order valence-electron chi connectivity index (χ1n) is 3.11. The largest absolute Gasteiger partial charge is 0.337 e. The number of hydrogen-bond donors (Lipinski definition) is 0. The van der Waals surface area contributed by atoms with Crippen LogP contribution in [0.5, 0.6) is 0 Å². The van der Waals surface area contributed by atoms with Crippen molar-refractivity contribution in [2.24, 2.45) is 7.05 Å². The van der Waals surface area contributed by atoms with Crippen LogP contribution in [-0.2, 0) is 7.05 Å². The van der Waals surface area contributed by atoms with Gasteiger partial charge in [0.1, 0.15) is 12.0 Å². The molecular formula is C7H11N2. The standard InChI is InChI=1S/C7H11N2/c1-6(2)7-8-4-5-9(7)3/h5-6H,1-3H3. The number of aromatic nitrogens is 2. The van der Waals surface area contributed by atoms with Crippen LogP contribution in [0.15, 0.2) is 6.20 Å². The topological polar surface area (TPSA) is 17.8 Å². The number of nitrogens with zero attached hydrogens (tertiary/aromatic N) is 2. The first kappa shape index (κ1) is 6.33. The minimum absolute atomic E-state index is 0.501. The van der Waals surface area contributed by atoms with Crippen LogP contribution in [0.2, 0.25) is 0 Å². The molecule has 0 aromatic carbocycles. The van der Waals surface area contributed by atoms with E-state index >= 15 is 0 Å². The highest BCUT2D eigenvalue weighted by Crippen LogP contribution is 2.08. The molecule has 1 radical (unpaired) electrons. The second-order valence-electron chi connectivity index (χ2n) is 2.49. The maximum absolute atomic E-state index is 4.05. The van der Waals surface area contributed by atoms with Crippen LogP contribution in [0.4, 0.5) is 0 Å². The molecule has 0 N–H and O–H groups in total. The fraction of sp³-hybridized carbons (Fsp3) is 0.571. The zero-order valence-electron chi connectivity index (χ0n) is 6.05. The number of rotatable bonds is 1. The molecule has 1 aromatic heterocycles. The molecule has 2 heteroatoms. The van der Waals surface area contributed by atoms with Crippen LogP contribution >= 0.6 is 0 Å². The fourth-order valence-electron chi connectivity index (χ4n) is 0.863.